The van der Waals surface area contributed by atoms with E-state index in [4.69, 9.17) is 5.11 Å². The van der Waals surface area contributed by atoms with Crippen LogP contribution in [-0.4, -0.2) is 23.5 Å². The summed E-state index contributed by atoms with van der Waals surface area (Å²) in [5.74, 6) is -0.688. The Kier molecular flexibility index (Phi) is 5.15. The Hall–Kier alpha value is -1.36. The number of hydrogen-bond acceptors (Lipinski definition) is 3. The molecule has 1 amide bonds. The van der Waals surface area contributed by atoms with Gasteiger partial charge in [-0.3, -0.25) is 9.59 Å². The van der Waals surface area contributed by atoms with Gasteiger partial charge >= 0.3 is 5.97 Å². The Morgan fingerprint density at radius 3 is 2.76 bits per heavy atom. The lowest BCUT2D eigenvalue weighted by atomic mass is 10.1. The molecule has 1 aromatic heterocycles. The molecule has 1 heterocycles. The third kappa shape index (κ3) is 4.56. The van der Waals surface area contributed by atoms with Gasteiger partial charge in [0, 0.05) is 13.0 Å². The van der Waals surface area contributed by atoms with Crippen LogP contribution in [0.25, 0.3) is 0 Å². The van der Waals surface area contributed by atoms with Crippen molar-refractivity contribution in [2.24, 2.45) is 5.92 Å². The van der Waals surface area contributed by atoms with Gasteiger partial charge in [-0.05, 0) is 36.3 Å². The first-order valence-electron chi connectivity index (χ1n) is 5.54. The summed E-state index contributed by atoms with van der Waals surface area (Å²) in [5, 5.41) is 13.3. The van der Waals surface area contributed by atoms with Gasteiger partial charge in [0.05, 0.1) is 4.88 Å². The molecule has 17 heavy (non-hydrogen) atoms. The van der Waals surface area contributed by atoms with Crippen LogP contribution in [-0.2, 0) is 4.79 Å². The van der Waals surface area contributed by atoms with Crippen LogP contribution in [0.15, 0.2) is 11.4 Å². The van der Waals surface area contributed by atoms with Crippen molar-refractivity contribution in [2.45, 2.75) is 26.7 Å². The largest absolute Gasteiger partial charge is 0.481 e. The Labute approximate surface area is 105 Å². The van der Waals surface area contributed by atoms with Crippen molar-refractivity contribution in [1.82, 2.24) is 5.32 Å². The maximum absolute atomic E-state index is 11.8. The maximum atomic E-state index is 11.8. The number of amides is 1. The van der Waals surface area contributed by atoms with Gasteiger partial charge in [0.1, 0.15) is 0 Å². The van der Waals surface area contributed by atoms with Crippen molar-refractivity contribution < 1.29 is 14.7 Å². The molecule has 0 aliphatic rings. The van der Waals surface area contributed by atoms with E-state index in [0.29, 0.717) is 13.0 Å². The fourth-order valence-electron chi connectivity index (χ4n) is 1.42. The molecule has 94 valence electrons. The van der Waals surface area contributed by atoms with E-state index in [2.05, 4.69) is 5.32 Å². The first-order valence-corrected chi connectivity index (χ1v) is 6.42. The third-order valence-corrected chi connectivity index (χ3v) is 3.55. The molecule has 2 N–H and O–H groups in total. The molecule has 0 saturated heterocycles. The van der Waals surface area contributed by atoms with Crippen molar-refractivity contribution in [1.29, 1.82) is 0 Å². The van der Waals surface area contributed by atoms with Gasteiger partial charge in [-0.15, -0.1) is 11.3 Å². The summed E-state index contributed by atoms with van der Waals surface area (Å²) in [6, 6.07) is 1.91. The fourth-order valence-corrected chi connectivity index (χ4v) is 2.27. The van der Waals surface area contributed by atoms with E-state index in [-0.39, 0.29) is 18.2 Å². The van der Waals surface area contributed by atoms with Gasteiger partial charge in [-0.2, -0.15) is 0 Å². The van der Waals surface area contributed by atoms with Crippen LogP contribution in [0.2, 0.25) is 0 Å². The molecule has 0 radical (unpaired) electrons. The number of hydrogen-bond donors (Lipinski definition) is 2. The van der Waals surface area contributed by atoms with E-state index < -0.39 is 5.97 Å². The minimum Gasteiger partial charge on any atom is -0.481 e. The average molecular weight is 255 g/mol. The lowest BCUT2D eigenvalue weighted by molar-refractivity contribution is -0.137. The van der Waals surface area contributed by atoms with Crippen molar-refractivity contribution >= 4 is 23.2 Å². The molecule has 0 spiro atoms. The Balaban J connectivity index is 2.33. The molecule has 1 rings (SSSR count). The zero-order chi connectivity index (χ0) is 12.8. The second-order valence-electron chi connectivity index (χ2n) is 4.18. The highest BCUT2D eigenvalue weighted by Gasteiger charge is 2.12. The fraction of sp³-hybridized carbons (Fsp3) is 0.500. The molecule has 1 atom stereocenters. The van der Waals surface area contributed by atoms with Crippen LogP contribution >= 0.6 is 11.3 Å². The number of nitrogens with one attached hydrogen (secondary N) is 1. The van der Waals surface area contributed by atoms with Crippen molar-refractivity contribution in [3.63, 3.8) is 0 Å². The van der Waals surface area contributed by atoms with Gasteiger partial charge in [-0.25, -0.2) is 0 Å². The first kappa shape index (κ1) is 13.7. The van der Waals surface area contributed by atoms with E-state index in [1.165, 1.54) is 11.3 Å². The van der Waals surface area contributed by atoms with Gasteiger partial charge in [0.25, 0.3) is 5.91 Å². The molecule has 0 aromatic carbocycles. The van der Waals surface area contributed by atoms with E-state index >= 15 is 0 Å². The van der Waals surface area contributed by atoms with Gasteiger partial charge in [0.15, 0.2) is 0 Å². The van der Waals surface area contributed by atoms with Gasteiger partial charge in [-0.1, -0.05) is 6.92 Å². The lowest BCUT2D eigenvalue weighted by Gasteiger charge is -2.11. The number of carbonyl (C=O) groups excluding carboxylic acids is 1. The molecule has 0 bridgehead atoms. The van der Waals surface area contributed by atoms with Crippen LogP contribution in [0.4, 0.5) is 0 Å². The van der Waals surface area contributed by atoms with E-state index in [1.54, 1.807) is 0 Å². The summed E-state index contributed by atoms with van der Waals surface area (Å²) in [5.41, 5.74) is 0.977. The van der Waals surface area contributed by atoms with Gasteiger partial charge < -0.3 is 10.4 Å². The van der Waals surface area contributed by atoms with Crippen molar-refractivity contribution in [3.8, 4) is 0 Å². The number of carboxylic acid groups (broad SMARTS) is 1. The molecular formula is C12H17NO3S. The number of carbonyl (C=O) groups is 2. The van der Waals surface area contributed by atoms with Crippen LogP contribution in [0.5, 0.6) is 0 Å². The van der Waals surface area contributed by atoms with Crippen molar-refractivity contribution in [3.05, 3.63) is 21.9 Å². The van der Waals surface area contributed by atoms with Crippen molar-refractivity contribution in [2.75, 3.05) is 6.54 Å². The number of carboxylic acids is 1. The van der Waals surface area contributed by atoms with Crippen LogP contribution in [0, 0.1) is 12.8 Å². The minimum atomic E-state index is -0.794. The normalized spacial score (nSPS) is 12.1. The van der Waals surface area contributed by atoms with E-state index in [9.17, 15) is 9.59 Å². The zero-order valence-corrected chi connectivity index (χ0v) is 10.8. The van der Waals surface area contributed by atoms with Crippen LogP contribution in [0.3, 0.4) is 0 Å². The standard InChI is InChI=1S/C12H17NO3S/c1-8(3-4-10(14)15)7-13-12(16)11-9(2)5-6-17-11/h5-6,8H,3-4,7H2,1-2H3,(H,13,16)(H,14,15). The number of aliphatic carboxylic acids is 1. The summed E-state index contributed by atoms with van der Waals surface area (Å²) >= 11 is 1.42. The molecule has 1 aromatic rings. The summed E-state index contributed by atoms with van der Waals surface area (Å²) in [7, 11) is 0. The quantitative estimate of drug-likeness (QED) is 0.819. The first-order chi connectivity index (χ1) is 8.00. The Morgan fingerprint density at radius 1 is 1.53 bits per heavy atom. The number of thiophene rings is 1. The molecule has 5 heteroatoms. The monoisotopic (exact) mass is 255 g/mol. The average Bonchev–Trinajstić information content (AvgIpc) is 2.69. The SMILES string of the molecule is Cc1ccsc1C(=O)NCC(C)CCC(=O)O. The molecule has 0 fully saturated rings. The topological polar surface area (TPSA) is 66.4 Å². The molecular weight excluding hydrogens is 238 g/mol. The van der Waals surface area contributed by atoms with Crippen LogP contribution < -0.4 is 5.32 Å². The van der Waals surface area contributed by atoms with E-state index in [0.717, 1.165) is 10.4 Å². The van der Waals surface area contributed by atoms with Crippen LogP contribution in [0.1, 0.15) is 35.0 Å². The number of aryl methyl sites for hydroxylation is 1. The second kappa shape index (κ2) is 6.39. The molecule has 1 unspecified atom stereocenters. The molecule has 0 aliphatic carbocycles. The molecule has 0 saturated carbocycles. The third-order valence-electron chi connectivity index (χ3n) is 2.53. The predicted molar refractivity (Wildman–Crippen MR) is 67.4 cm³/mol. The summed E-state index contributed by atoms with van der Waals surface area (Å²) in [6.45, 7) is 4.35. The molecule has 4 nitrogen and oxygen atoms in total. The Bertz CT molecular complexity index is 400. The second-order valence-corrected chi connectivity index (χ2v) is 5.10. The zero-order valence-electron chi connectivity index (χ0n) is 10.0. The highest BCUT2D eigenvalue weighted by atomic mass is 32.1. The highest BCUT2D eigenvalue weighted by molar-refractivity contribution is 7.12. The predicted octanol–water partition coefficient (Wildman–Crippen LogP) is 2.29. The number of rotatable bonds is 6. The lowest BCUT2D eigenvalue weighted by Crippen LogP contribution is -2.28. The summed E-state index contributed by atoms with van der Waals surface area (Å²) in [4.78, 5) is 22.9. The highest BCUT2D eigenvalue weighted by Crippen LogP contribution is 2.15. The Morgan fingerprint density at radius 2 is 2.24 bits per heavy atom. The minimum absolute atomic E-state index is 0.0697. The summed E-state index contributed by atoms with van der Waals surface area (Å²) < 4.78 is 0. The maximum Gasteiger partial charge on any atom is 0.303 e. The van der Waals surface area contributed by atoms with Gasteiger partial charge in [0.2, 0.25) is 0 Å². The van der Waals surface area contributed by atoms with E-state index in [1.807, 2.05) is 25.3 Å². The summed E-state index contributed by atoms with van der Waals surface area (Å²) in [6.07, 6.45) is 0.730. The smallest absolute Gasteiger partial charge is 0.303 e. The molecule has 0 aliphatic heterocycles.